The lowest BCUT2D eigenvalue weighted by Crippen LogP contribution is -2.52. The summed E-state index contributed by atoms with van der Waals surface area (Å²) in [6.07, 6.45) is 6.52. The third-order valence-electron chi connectivity index (χ3n) is 4.28. The van der Waals surface area contributed by atoms with Crippen molar-refractivity contribution in [2.45, 2.75) is 44.6 Å². The molecule has 0 aromatic heterocycles. The van der Waals surface area contributed by atoms with Crippen LogP contribution in [0.1, 0.15) is 38.5 Å². The first-order chi connectivity index (χ1) is 7.18. The SMILES string of the molecule is CN1CCC1C(CCC(=O)O)C1CCC1. The molecule has 1 aliphatic carbocycles. The Kier molecular flexibility index (Phi) is 3.29. The summed E-state index contributed by atoms with van der Waals surface area (Å²) in [5.41, 5.74) is 0. The summed E-state index contributed by atoms with van der Waals surface area (Å²) < 4.78 is 0. The Balaban J connectivity index is 1.87. The van der Waals surface area contributed by atoms with Crippen molar-refractivity contribution in [3.05, 3.63) is 0 Å². The Morgan fingerprint density at radius 3 is 2.53 bits per heavy atom. The van der Waals surface area contributed by atoms with Crippen LogP contribution < -0.4 is 0 Å². The van der Waals surface area contributed by atoms with Gasteiger partial charge in [-0.2, -0.15) is 0 Å². The van der Waals surface area contributed by atoms with E-state index in [-0.39, 0.29) is 0 Å². The minimum atomic E-state index is -0.638. The molecule has 1 heterocycles. The van der Waals surface area contributed by atoms with Gasteiger partial charge in [0.2, 0.25) is 0 Å². The van der Waals surface area contributed by atoms with Crippen LogP contribution in [0.3, 0.4) is 0 Å². The topological polar surface area (TPSA) is 40.5 Å². The van der Waals surface area contributed by atoms with E-state index < -0.39 is 5.97 Å². The molecule has 86 valence electrons. The van der Waals surface area contributed by atoms with Gasteiger partial charge in [0.1, 0.15) is 0 Å². The molecule has 0 bridgehead atoms. The van der Waals surface area contributed by atoms with Crippen LogP contribution in [0.4, 0.5) is 0 Å². The lowest BCUT2D eigenvalue weighted by molar-refractivity contribution is -0.137. The molecule has 2 rings (SSSR count). The molecule has 1 saturated heterocycles. The zero-order valence-electron chi connectivity index (χ0n) is 9.48. The van der Waals surface area contributed by atoms with Crippen LogP contribution in [0.5, 0.6) is 0 Å². The lowest BCUT2D eigenvalue weighted by Gasteiger charge is -2.48. The third kappa shape index (κ3) is 2.33. The van der Waals surface area contributed by atoms with Crippen molar-refractivity contribution in [1.82, 2.24) is 4.90 Å². The predicted molar refractivity (Wildman–Crippen MR) is 58.7 cm³/mol. The highest BCUT2D eigenvalue weighted by Crippen LogP contribution is 2.41. The molecule has 2 fully saturated rings. The van der Waals surface area contributed by atoms with Crippen LogP contribution in [-0.2, 0) is 4.79 Å². The van der Waals surface area contributed by atoms with Gasteiger partial charge in [0.25, 0.3) is 0 Å². The van der Waals surface area contributed by atoms with Crippen LogP contribution in [0.2, 0.25) is 0 Å². The van der Waals surface area contributed by atoms with Gasteiger partial charge in [-0.3, -0.25) is 4.79 Å². The summed E-state index contributed by atoms with van der Waals surface area (Å²) in [5.74, 6) is 0.826. The summed E-state index contributed by atoms with van der Waals surface area (Å²) >= 11 is 0. The number of hydrogen-bond donors (Lipinski definition) is 1. The van der Waals surface area contributed by atoms with Crippen molar-refractivity contribution in [2.24, 2.45) is 11.8 Å². The molecular formula is C12H21NO2. The molecule has 0 aromatic carbocycles. The molecular weight excluding hydrogens is 190 g/mol. The monoisotopic (exact) mass is 211 g/mol. The van der Waals surface area contributed by atoms with Crippen molar-refractivity contribution < 1.29 is 9.90 Å². The largest absolute Gasteiger partial charge is 0.481 e. The van der Waals surface area contributed by atoms with Crippen molar-refractivity contribution in [1.29, 1.82) is 0 Å². The van der Waals surface area contributed by atoms with Gasteiger partial charge in [-0.15, -0.1) is 0 Å². The molecule has 0 spiro atoms. The fourth-order valence-electron chi connectivity index (χ4n) is 2.98. The Labute approximate surface area is 91.5 Å². The Morgan fingerprint density at radius 1 is 1.47 bits per heavy atom. The molecule has 0 aromatic rings. The van der Waals surface area contributed by atoms with Crippen molar-refractivity contribution in [3.63, 3.8) is 0 Å². The number of carbonyl (C=O) groups is 1. The van der Waals surface area contributed by atoms with Gasteiger partial charge in [0.15, 0.2) is 0 Å². The van der Waals surface area contributed by atoms with E-state index in [0.717, 1.165) is 12.3 Å². The molecule has 3 heteroatoms. The molecule has 2 atom stereocenters. The van der Waals surface area contributed by atoms with E-state index in [0.29, 0.717) is 18.4 Å². The molecule has 3 nitrogen and oxygen atoms in total. The summed E-state index contributed by atoms with van der Waals surface area (Å²) in [6.45, 7) is 1.20. The Hall–Kier alpha value is -0.570. The van der Waals surface area contributed by atoms with Crippen LogP contribution in [0.25, 0.3) is 0 Å². The maximum absolute atomic E-state index is 10.6. The van der Waals surface area contributed by atoms with Crippen LogP contribution in [0, 0.1) is 11.8 Å². The standard InChI is InChI=1S/C12H21NO2/c1-13-8-7-11(13)10(5-6-12(14)15)9-3-2-4-9/h9-11H,2-8H2,1H3,(H,14,15). The van der Waals surface area contributed by atoms with Crippen LogP contribution in [0.15, 0.2) is 0 Å². The van der Waals surface area contributed by atoms with Crippen LogP contribution in [-0.4, -0.2) is 35.6 Å². The average Bonchev–Trinajstić information content (AvgIpc) is 2.08. The maximum Gasteiger partial charge on any atom is 0.303 e. The minimum absolute atomic E-state index is 0.353. The van der Waals surface area contributed by atoms with E-state index in [1.807, 2.05) is 0 Å². The van der Waals surface area contributed by atoms with E-state index in [9.17, 15) is 4.79 Å². The first-order valence-corrected chi connectivity index (χ1v) is 6.10. The van der Waals surface area contributed by atoms with E-state index >= 15 is 0 Å². The quantitative estimate of drug-likeness (QED) is 0.756. The molecule has 1 aliphatic heterocycles. The maximum atomic E-state index is 10.6. The average molecular weight is 211 g/mol. The summed E-state index contributed by atoms with van der Waals surface area (Å²) in [4.78, 5) is 13.0. The van der Waals surface area contributed by atoms with Crippen LogP contribution >= 0.6 is 0 Å². The number of nitrogens with zero attached hydrogens (tertiary/aromatic N) is 1. The lowest BCUT2D eigenvalue weighted by atomic mass is 9.68. The molecule has 2 unspecified atom stereocenters. The summed E-state index contributed by atoms with van der Waals surface area (Å²) in [7, 11) is 2.17. The number of hydrogen-bond acceptors (Lipinski definition) is 2. The Bertz CT molecular complexity index is 238. The molecule has 0 radical (unpaired) electrons. The van der Waals surface area contributed by atoms with Gasteiger partial charge in [0.05, 0.1) is 0 Å². The second kappa shape index (κ2) is 4.52. The molecule has 2 aliphatic rings. The van der Waals surface area contributed by atoms with Crippen molar-refractivity contribution in [3.8, 4) is 0 Å². The van der Waals surface area contributed by atoms with Gasteiger partial charge in [0, 0.05) is 12.5 Å². The fourth-order valence-corrected chi connectivity index (χ4v) is 2.98. The predicted octanol–water partition coefficient (Wildman–Crippen LogP) is 1.97. The summed E-state index contributed by atoms with van der Waals surface area (Å²) in [6, 6.07) is 0.676. The molecule has 0 amide bonds. The molecule has 1 N–H and O–H groups in total. The summed E-state index contributed by atoms with van der Waals surface area (Å²) in [5, 5.41) is 8.76. The van der Waals surface area contributed by atoms with Crippen molar-refractivity contribution >= 4 is 5.97 Å². The second-order valence-corrected chi connectivity index (χ2v) is 5.12. The van der Waals surface area contributed by atoms with E-state index in [1.54, 1.807) is 0 Å². The number of rotatable bonds is 5. The Morgan fingerprint density at radius 2 is 2.20 bits per heavy atom. The van der Waals surface area contributed by atoms with Gasteiger partial charge in [-0.05, 0) is 38.3 Å². The van der Waals surface area contributed by atoms with Gasteiger partial charge >= 0.3 is 5.97 Å². The van der Waals surface area contributed by atoms with E-state index in [4.69, 9.17) is 5.11 Å². The number of aliphatic carboxylic acids is 1. The van der Waals surface area contributed by atoms with E-state index in [1.165, 1.54) is 32.2 Å². The zero-order valence-corrected chi connectivity index (χ0v) is 9.48. The van der Waals surface area contributed by atoms with Gasteiger partial charge < -0.3 is 10.0 Å². The van der Waals surface area contributed by atoms with Gasteiger partial charge in [-0.1, -0.05) is 19.3 Å². The highest BCUT2D eigenvalue weighted by atomic mass is 16.4. The highest BCUT2D eigenvalue weighted by Gasteiger charge is 2.38. The highest BCUT2D eigenvalue weighted by molar-refractivity contribution is 5.66. The third-order valence-corrected chi connectivity index (χ3v) is 4.28. The fraction of sp³-hybridized carbons (Fsp3) is 0.917. The smallest absolute Gasteiger partial charge is 0.303 e. The number of carboxylic acid groups (broad SMARTS) is 1. The van der Waals surface area contributed by atoms with E-state index in [2.05, 4.69) is 11.9 Å². The molecule has 1 saturated carbocycles. The first-order valence-electron chi connectivity index (χ1n) is 6.10. The zero-order chi connectivity index (χ0) is 10.8. The van der Waals surface area contributed by atoms with Crippen molar-refractivity contribution in [2.75, 3.05) is 13.6 Å². The molecule has 15 heavy (non-hydrogen) atoms. The normalized spacial score (nSPS) is 29.3. The first kappa shape index (κ1) is 10.9. The minimum Gasteiger partial charge on any atom is -0.481 e. The number of likely N-dealkylation sites (tertiary alicyclic amines) is 1. The number of carboxylic acids is 1. The second-order valence-electron chi connectivity index (χ2n) is 5.12. The van der Waals surface area contributed by atoms with Gasteiger partial charge in [-0.25, -0.2) is 0 Å².